The highest BCUT2D eigenvalue weighted by Gasteiger charge is 2.34. The molecule has 2 fully saturated rings. The average molecular weight is 359 g/mol. The van der Waals surface area contributed by atoms with Gasteiger partial charge in [-0.15, -0.1) is 0 Å². The number of rotatable bonds is 3. The summed E-state index contributed by atoms with van der Waals surface area (Å²) in [6.45, 7) is 10.4. The van der Waals surface area contributed by atoms with Gasteiger partial charge in [-0.2, -0.15) is 0 Å². The first-order valence-electron chi connectivity index (χ1n) is 10.1. The molecule has 0 spiro atoms. The first-order valence-corrected chi connectivity index (χ1v) is 10.1. The van der Waals surface area contributed by atoms with Crippen molar-refractivity contribution in [1.29, 1.82) is 0 Å². The van der Waals surface area contributed by atoms with E-state index in [4.69, 9.17) is 4.74 Å². The zero-order chi connectivity index (χ0) is 18.7. The molecule has 0 unspecified atom stereocenters. The van der Waals surface area contributed by atoms with Crippen LogP contribution >= 0.6 is 0 Å². The van der Waals surface area contributed by atoms with Gasteiger partial charge in [0.05, 0.1) is 12.8 Å². The molecule has 1 aromatic carbocycles. The number of methoxy groups -OCH3 is 1. The summed E-state index contributed by atoms with van der Waals surface area (Å²) in [6.07, 6.45) is 4.52. The number of hydrogen-bond donors (Lipinski definition) is 0. The van der Waals surface area contributed by atoms with Gasteiger partial charge in [-0.25, -0.2) is 0 Å². The summed E-state index contributed by atoms with van der Waals surface area (Å²) in [7, 11) is 1.71. The molecular formula is C22H34N2O2. The smallest absolute Gasteiger partial charge is 0.225 e. The van der Waals surface area contributed by atoms with Gasteiger partial charge in [-0.3, -0.25) is 4.79 Å². The Morgan fingerprint density at radius 2 is 1.62 bits per heavy atom. The maximum Gasteiger partial charge on any atom is 0.225 e. The van der Waals surface area contributed by atoms with Crippen LogP contribution < -0.4 is 9.64 Å². The van der Waals surface area contributed by atoms with Crippen molar-refractivity contribution in [3.63, 3.8) is 0 Å². The van der Waals surface area contributed by atoms with E-state index < -0.39 is 0 Å². The second kappa shape index (κ2) is 7.89. The number of carbonyl (C=O) groups excluding carboxylic acids is 1. The highest BCUT2D eigenvalue weighted by atomic mass is 16.5. The molecular weight excluding hydrogens is 324 g/mol. The standard InChI is InChI=1S/C22H34N2O2/c1-22(2,3)18-11-9-17(10-12-18)21(25)24-15-13-23(14-16-24)19-7-5-6-8-20(19)26-4/h5-8,17-18H,9-16H2,1-4H3. The van der Waals surface area contributed by atoms with E-state index in [9.17, 15) is 4.79 Å². The third-order valence-electron chi connectivity index (χ3n) is 6.32. The number of para-hydroxylation sites is 2. The number of amides is 1. The summed E-state index contributed by atoms with van der Waals surface area (Å²) in [5.74, 6) is 2.30. The Kier molecular flexibility index (Phi) is 5.79. The molecule has 0 bridgehead atoms. The maximum absolute atomic E-state index is 13.0. The Labute approximate surface area is 158 Å². The van der Waals surface area contributed by atoms with Gasteiger partial charge in [0.25, 0.3) is 0 Å². The fraction of sp³-hybridized carbons (Fsp3) is 0.682. The van der Waals surface area contributed by atoms with Gasteiger partial charge in [0.1, 0.15) is 5.75 Å². The number of piperazine rings is 1. The molecule has 0 aromatic heterocycles. The zero-order valence-electron chi connectivity index (χ0n) is 16.8. The summed E-state index contributed by atoms with van der Waals surface area (Å²) in [4.78, 5) is 17.4. The molecule has 1 saturated carbocycles. The van der Waals surface area contributed by atoms with Crippen molar-refractivity contribution in [3.8, 4) is 5.75 Å². The van der Waals surface area contributed by atoms with E-state index in [0.29, 0.717) is 11.3 Å². The van der Waals surface area contributed by atoms with Crippen LogP contribution in [0.3, 0.4) is 0 Å². The Morgan fingerprint density at radius 1 is 1.00 bits per heavy atom. The topological polar surface area (TPSA) is 32.8 Å². The van der Waals surface area contributed by atoms with Crippen molar-refractivity contribution in [1.82, 2.24) is 4.90 Å². The van der Waals surface area contributed by atoms with E-state index in [1.165, 1.54) is 12.8 Å². The molecule has 4 nitrogen and oxygen atoms in total. The lowest BCUT2D eigenvalue weighted by Crippen LogP contribution is -2.51. The predicted molar refractivity (Wildman–Crippen MR) is 107 cm³/mol. The van der Waals surface area contributed by atoms with Gasteiger partial charge < -0.3 is 14.5 Å². The van der Waals surface area contributed by atoms with Gasteiger partial charge in [0.2, 0.25) is 5.91 Å². The summed E-state index contributed by atoms with van der Waals surface area (Å²) in [6, 6.07) is 8.14. The molecule has 4 heteroatoms. The number of anilines is 1. The number of carbonyl (C=O) groups is 1. The first-order chi connectivity index (χ1) is 12.4. The highest BCUT2D eigenvalue weighted by molar-refractivity contribution is 5.79. The third kappa shape index (κ3) is 4.16. The van der Waals surface area contributed by atoms with Crippen LogP contribution in [0.4, 0.5) is 5.69 Å². The van der Waals surface area contributed by atoms with Crippen molar-refractivity contribution in [2.24, 2.45) is 17.3 Å². The van der Waals surface area contributed by atoms with Crippen molar-refractivity contribution in [2.45, 2.75) is 46.5 Å². The van der Waals surface area contributed by atoms with Crippen LogP contribution in [0.2, 0.25) is 0 Å². The largest absolute Gasteiger partial charge is 0.495 e. The monoisotopic (exact) mass is 358 g/mol. The molecule has 1 aromatic rings. The Hall–Kier alpha value is -1.71. The van der Waals surface area contributed by atoms with Crippen LogP contribution in [-0.2, 0) is 4.79 Å². The van der Waals surface area contributed by atoms with Crippen LogP contribution in [0.5, 0.6) is 5.75 Å². The van der Waals surface area contributed by atoms with E-state index in [1.54, 1.807) is 7.11 Å². The first kappa shape index (κ1) is 19.1. The molecule has 1 saturated heterocycles. The van der Waals surface area contributed by atoms with Gasteiger partial charge in [-0.05, 0) is 49.1 Å². The Morgan fingerprint density at radius 3 is 2.19 bits per heavy atom. The van der Waals surface area contributed by atoms with E-state index in [2.05, 4.69) is 36.6 Å². The minimum atomic E-state index is 0.242. The molecule has 1 amide bonds. The molecule has 0 atom stereocenters. The Balaban J connectivity index is 1.53. The third-order valence-corrected chi connectivity index (χ3v) is 6.32. The van der Waals surface area contributed by atoms with Gasteiger partial charge in [0, 0.05) is 32.1 Å². The minimum Gasteiger partial charge on any atom is -0.495 e. The summed E-state index contributed by atoms with van der Waals surface area (Å²) in [5, 5.41) is 0. The number of benzene rings is 1. The molecule has 26 heavy (non-hydrogen) atoms. The van der Waals surface area contributed by atoms with E-state index in [1.807, 2.05) is 18.2 Å². The quantitative estimate of drug-likeness (QED) is 0.812. The van der Waals surface area contributed by atoms with Crippen LogP contribution in [0, 0.1) is 17.3 Å². The summed E-state index contributed by atoms with van der Waals surface area (Å²) >= 11 is 0. The van der Waals surface area contributed by atoms with Crippen LogP contribution in [0.15, 0.2) is 24.3 Å². The van der Waals surface area contributed by atoms with Crippen molar-refractivity contribution in [3.05, 3.63) is 24.3 Å². The molecule has 0 N–H and O–H groups in total. The van der Waals surface area contributed by atoms with Crippen molar-refractivity contribution >= 4 is 11.6 Å². The molecule has 2 aliphatic rings. The van der Waals surface area contributed by atoms with E-state index >= 15 is 0 Å². The second-order valence-corrected chi connectivity index (χ2v) is 8.90. The van der Waals surface area contributed by atoms with E-state index in [0.717, 1.165) is 56.4 Å². The SMILES string of the molecule is COc1ccccc1N1CCN(C(=O)C2CCC(C(C)(C)C)CC2)CC1. The minimum absolute atomic E-state index is 0.242. The fourth-order valence-corrected chi connectivity index (χ4v) is 4.52. The van der Waals surface area contributed by atoms with Crippen LogP contribution in [0.25, 0.3) is 0 Å². The fourth-order valence-electron chi connectivity index (χ4n) is 4.52. The zero-order valence-corrected chi connectivity index (χ0v) is 16.8. The average Bonchev–Trinajstić information content (AvgIpc) is 2.67. The predicted octanol–water partition coefficient (Wildman–Crippen LogP) is 4.20. The van der Waals surface area contributed by atoms with Gasteiger partial charge in [-0.1, -0.05) is 32.9 Å². The molecule has 1 heterocycles. The summed E-state index contributed by atoms with van der Waals surface area (Å²) < 4.78 is 5.48. The Bertz CT molecular complexity index is 607. The maximum atomic E-state index is 13.0. The lowest BCUT2D eigenvalue weighted by Gasteiger charge is -2.40. The number of nitrogens with zero attached hydrogens (tertiary/aromatic N) is 2. The van der Waals surface area contributed by atoms with Gasteiger partial charge in [0.15, 0.2) is 0 Å². The molecule has 1 aliphatic carbocycles. The van der Waals surface area contributed by atoms with Gasteiger partial charge >= 0.3 is 0 Å². The molecule has 0 radical (unpaired) electrons. The summed E-state index contributed by atoms with van der Waals surface area (Å²) in [5.41, 5.74) is 1.50. The van der Waals surface area contributed by atoms with Crippen LogP contribution in [0.1, 0.15) is 46.5 Å². The second-order valence-electron chi connectivity index (χ2n) is 8.90. The number of ether oxygens (including phenoxy) is 1. The van der Waals surface area contributed by atoms with E-state index in [-0.39, 0.29) is 5.92 Å². The normalized spacial score (nSPS) is 24.5. The van der Waals surface area contributed by atoms with Crippen molar-refractivity contribution in [2.75, 3.05) is 38.2 Å². The molecule has 1 aliphatic heterocycles. The van der Waals surface area contributed by atoms with Crippen LogP contribution in [-0.4, -0.2) is 44.1 Å². The highest BCUT2D eigenvalue weighted by Crippen LogP contribution is 2.40. The lowest BCUT2D eigenvalue weighted by molar-refractivity contribution is -0.137. The molecule has 3 rings (SSSR count). The van der Waals surface area contributed by atoms with Crippen molar-refractivity contribution < 1.29 is 9.53 Å². The number of hydrogen-bond acceptors (Lipinski definition) is 3. The lowest BCUT2D eigenvalue weighted by atomic mass is 9.69. The molecule has 144 valence electrons.